The van der Waals surface area contributed by atoms with Gasteiger partial charge in [0.25, 0.3) is 0 Å². The highest BCUT2D eigenvalue weighted by Crippen LogP contribution is 2.37. The van der Waals surface area contributed by atoms with Crippen LogP contribution in [-0.2, 0) is 5.41 Å². The van der Waals surface area contributed by atoms with Crippen LogP contribution in [0, 0.1) is 13.8 Å². The second kappa shape index (κ2) is 11.7. The highest BCUT2D eigenvalue weighted by atomic mass is 32.2. The summed E-state index contributed by atoms with van der Waals surface area (Å²) < 4.78 is 12.7. The van der Waals surface area contributed by atoms with Crippen molar-refractivity contribution in [3.63, 3.8) is 0 Å². The number of aryl methyl sites for hydroxylation is 2. The molecule has 0 atom stereocenters. The normalized spacial score (nSPS) is 11.4. The number of urea groups is 1. The van der Waals surface area contributed by atoms with E-state index < -0.39 is 0 Å². The van der Waals surface area contributed by atoms with Crippen LogP contribution in [0.25, 0.3) is 16.6 Å². The molecule has 2 amide bonds. The summed E-state index contributed by atoms with van der Waals surface area (Å²) >= 11 is 1.47. The van der Waals surface area contributed by atoms with Crippen molar-refractivity contribution < 1.29 is 14.3 Å². The molecular formula is C32H34N6O3S. The third kappa shape index (κ3) is 6.18. The minimum Gasteiger partial charge on any atom is -0.493 e. The Balaban J connectivity index is 1.38. The molecule has 0 aliphatic carbocycles. The molecule has 9 nitrogen and oxygen atoms in total. The molecule has 10 heteroatoms. The van der Waals surface area contributed by atoms with Crippen molar-refractivity contribution in [2.24, 2.45) is 0 Å². The van der Waals surface area contributed by atoms with Crippen molar-refractivity contribution >= 4 is 40.2 Å². The fraction of sp³-hybridized carbons (Fsp3) is 0.250. The number of hydrogen-bond acceptors (Lipinski definition) is 7. The first-order valence-corrected chi connectivity index (χ1v) is 14.3. The van der Waals surface area contributed by atoms with E-state index in [4.69, 9.17) is 14.6 Å². The first-order valence-electron chi connectivity index (χ1n) is 13.5. The topological polar surface area (TPSA) is 103 Å². The molecule has 0 saturated carbocycles. The van der Waals surface area contributed by atoms with E-state index in [9.17, 15) is 4.79 Å². The maximum absolute atomic E-state index is 13.2. The van der Waals surface area contributed by atoms with Gasteiger partial charge in [0.2, 0.25) is 0 Å². The molecule has 3 aromatic carbocycles. The smallest absolute Gasteiger partial charge is 0.324 e. The van der Waals surface area contributed by atoms with Gasteiger partial charge in [-0.05, 0) is 49.7 Å². The summed E-state index contributed by atoms with van der Waals surface area (Å²) in [5, 5.41) is 12.4. The molecule has 2 aromatic heterocycles. The second-order valence-electron chi connectivity index (χ2n) is 11.0. The van der Waals surface area contributed by atoms with Crippen LogP contribution >= 0.6 is 11.8 Å². The first-order chi connectivity index (χ1) is 20.0. The van der Waals surface area contributed by atoms with E-state index in [0.29, 0.717) is 23.0 Å². The van der Waals surface area contributed by atoms with Gasteiger partial charge in [-0.1, -0.05) is 56.3 Å². The highest BCUT2D eigenvalue weighted by Gasteiger charge is 2.22. The summed E-state index contributed by atoms with van der Waals surface area (Å²) in [5.41, 5.74) is 5.22. The lowest BCUT2D eigenvalue weighted by atomic mass is 9.92. The molecule has 0 aliphatic rings. The Hall–Kier alpha value is -4.57. The Bertz CT molecular complexity index is 1780. The van der Waals surface area contributed by atoms with Crippen molar-refractivity contribution in [1.82, 2.24) is 19.7 Å². The number of anilines is 2. The van der Waals surface area contributed by atoms with Crippen LogP contribution in [0.2, 0.25) is 0 Å². The number of fused-ring (bicyclic) bond motifs is 1. The van der Waals surface area contributed by atoms with Crippen LogP contribution in [-0.4, -0.2) is 40.0 Å². The largest absolute Gasteiger partial charge is 0.493 e. The summed E-state index contributed by atoms with van der Waals surface area (Å²) in [5.74, 6) is 1.79. The standard InChI is InChI=1S/C32H34N6O3S/c1-19-11-12-25(20(2)13-19)38-29(17-28(37-38)32(3,4)5)36-31(39)35-21-9-8-10-22(14-21)42-30-23-15-26(40-6)27(41-7)16-24(23)33-18-34-30/h8-18H,1-7H3,(H2,35,36,39). The van der Waals surface area contributed by atoms with E-state index in [0.717, 1.165) is 37.8 Å². The van der Waals surface area contributed by atoms with E-state index in [-0.39, 0.29) is 11.4 Å². The highest BCUT2D eigenvalue weighted by molar-refractivity contribution is 7.99. The fourth-order valence-corrected chi connectivity index (χ4v) is 5.46. The number of carbonyl (C=O) groups excluding carboxylic acids is 1. The van der Waals surface area contributed by atoms with Gasteiger partial charge in [-0.3, -0.25) is 5.32 Å². The van der Waals surface area contributed by atoms with Crippen LogP contribution in [0.1, 0.15) is 37.6 Å². The summed E-state index contributed by atoms with van der Waals surface area (Å²) in [7, 11) is 3.19. The molecular weight excluding hydrogens is 548 g/mol. The molecule has 0 spiro atoms. The van der Waals surface area contributed by atoms with E-state index in [1.807, 2.05) is 61.5 Å². The third-order valence-corrected chi connectivity index (χ3v) is 7.72. The molecule has 216 valence electrons. The van der Waals surface area contributed by atoms with Crippen molar-refractivity contribution in [1.29, 1.82) is 0 Å². The van der Waals surface area contributed by atoms with Crippen molar-refractivity contribution in [2.45, 2.75) is 50.0 Å². The Morgan fingerprint density at radius 1 is 0.905 bits per heavy atom. The number of amides is 2. The molecule has 42 heavy (non-hydrogen) atoms. The average Bonchev–Trinajstić information content (AvgIpc) is 3.36. The zero-order valence-electron chi connectivity index (χ0n) is 24.8. The van der Waals surface area contributed by atoms with Crippen LogP contribution < -0.4 is 20.1 Å². The van der Waals surface area contributed by atoms with E-state index in [1.165, 1.54) is 23.7 Å². The van der Waals surface area contributed by atoms with Crippen LogP contribution in [0.5, 0.6) is 11.5 Å². The predicted octanol–water partition coefficient (Wildman–Crippen LogP) is 7.54. The summed E-state index contributed by atoms with van der Waals surface area (Å²) in [6, 6.07) is 19.0. The van der Waals surface area contributed by atoms with Crippen molar-refractivity contribution in [3.8, 4) is 17.2 Å². The zero-order valence-corrected chi connectivity index (χ0v) is 25.6. The monoisotopic (exact) mass is 582 g/mol. The fourth-order valence-electron chi connectivity index (χ4n) is 4.53. The third-order valence-electron chi connectivity index (χ3n) is 6.71. The number of aromatic nitrogens is 4. The van der Waals surface area contributed by atoms with Gasteiger partial charge in [0, 0.05) is 33.5 Å². The second-order valence-corrected chi connectivity index (χ2v) is 12.0. The maximum atomic E-state index is 13.2. The van der Waals surface area contributed by atoms with Crippen molar-refractivity contribution in [2.75, 3.05) is 24.9 Å². The molecule has 2 N–H and O–H groups in total. The van der Waals surface area contributed by atoms with Gasteiger partial charge in [-0.15, -0.1) is 0 Å². The van der Waals surface area contributed by atoms with E-state index >= 15 is 0 Å². The van der Waals surface area contributed by atoms with E-state index in [2.05, 4.69) is 54.4 Å². The van der Waals surface area contributed by atoms with Gasteiger partial charge >= 0.3 is 6.03 Å². The van der Waals surface area contributed by atoms with Gasteiger partial charge in [0.15, 0.2) is 11.5 Å². The maximum Gasteiger partial charge on any atom is 0.324 e. The summed E-state index contributed by atoms with van der Waals surface area (Å²) in [6.45, 7) is 10.4. The lowest BCUT2D eigenvalue weighted by molar-refractivity contribution is 0.262. The van der Waals surface area contributed by atoms with E-state index in [1.54, 1.807) is 18.9 Å². The molecule has 0 aliphatic heterocycles. The Kier molecular flexibility index (Phi) is 8.08. The van der Waals surface area contributed by atoms with Gasteiger partial charge in [0.05, 0.1) is 31.1 Å². The molecule has 5 rings (SSSR count). The SMILES string of the molecule is COc1cc2ncnc(Sc3cccc(NC(=O)Nc4cc(C(C)(C)C)nn4-c4ccc(C)cc4C)c3)c2cc1OC. The zero-order chi connectivity index (χ0) is 30.0. The minimum absolute atomic E-state index is 0.192. The van der Waals surface area contributed by atoms with Gasteiger partial charge in [-0.25, -0.2) is 19.4 Å². The molecule has 0 bridgehead atoms. The van der Waals surface area contributed by atoms with Crippen LogP contribution in [0.4, 0.5) is 16.3 Å². The van der Waals surface area contributed by atoms with Crippen LogP contribution in [0.15, 0.2) is 76.9 Å². The number of rotatable bonds is 7. The van der Waals surface area contributed by atoms with Gasteiger partial charge in [0.1, 0.15) is 17.2 Å². The lowest BCUT2D eigenvalue weighted by Gasteiger charge is -2.14. The summed E-state index contributed by atoms with van der Waals surface area (Å²) in [4.78, 5) is 23.0. The van der Waals surface area contributed by atoms with Crippen LogP contribution in [0.3, 0.4) is 0 Å². The molecule has 0 radical (unpaired) electrons. The summed E-state index contributed by atoms with van der Waals surface area (Å²) in [6.07, 6.45) is 1.52. The molecule has 0 fully saturated rings. The Labute approximate surface area is 249 Å². The number of methoxy groups -OCH3 is 2. The predicted molar refractivity (Wildman–Crippen MR) is 168 cm³/mol. The quantitative estimate of drug-likeness (QED) is 0.191. The number of ether oxygens (including phenoxy) is 2. The molecule has 0 saturated heterocycles. The number of hydrogen-bond donors (Lipinski definition) is 2. The molecule has 5 aromatic rings. The van der Waals surface area contributed by atoms with Crippen molar-refractivity contribution in [3.05, 3.63) is 83.8 Å². The van der Waals surface area contributed by atoms with Gasteiger partial charge < -0.3 is 14.8 Å². The molecule has 2 heterocycles. The Morgan fingerprint density at radius 3 is 2.38 bits per heavy atom. The average molecular weight is 583 g/mol. The molecule has 0 unspecified atom stereocenters. The lowest BCUT2D eigenvalue weighted by Crippen LogP contribution is -2.21. The first kappa shape index (κ1) is 28.9. The number of carbonyl (C=O) groups is 1. The number of benzene rings is 3. The van der Waals surface area contributed by atoms with Gasteiger partial charge in [-0.2, -0.15) is 5.10 Å². The number of nitrogens with zero attached hydrogens (tertiary/aromatic N) is 4. The Morgan fingerprint density at radius 2 is 1.67 bits per heavy atom. The minimum atomic E-state index is -0.368. The number of nitrogens with one attached hydrogen (secondary N) is 2.